The fraction of sp³-hybridized carbons (Fsp3) is 0.625. The van der Waals surface area contributed by atoms with E-state index in [9.17, 15) is 0 Å². The molecule has 0 amide bonds. The number of halogens is 1. The maximum atomic E-state index is 6.15. The molecular weight excluding hydrogens is 503 g/mol. The lowest BCUT2D eigenvalue weighted by Gasteiger charge is -2.35. The third-order valence-corrected chi connectivity index (χ3v) is 6.42. The van der Waals surface area contributed by atoms with Gasteiger partial charge in [0.2, 0.25) is 0 Å². The van der Waals surface area contributed by atoms with Gasteiger partial charge < -0.3 is 24.7 Å². The number of piperidine rings is 1. The highest BCUT2D eigenvalue weighted by Crippen LogP contribution is 2.22. The lowest BCUT2D eigenvalue weighted by molar-refractivity contribution is -0.0721. The molecule has 172 valence electrons. The molecule has 4 rings (SSSR count). The second-order valence-corrected chi connectivity index (χ2v) is 8.54. The van der Waals surface area contributed by atoms with Crippen LogP contribution in [0.5, 0.6) is 0 Å². The zero-order chi connectivity index (χ0) is 20.8. The molecular formula is C24H37IN4O2. The van der Waals surface area contributed by atoms with Gasteiger partial charge in [0.25, 0.3) is 0 Å². The third kappa shape index (κ3) is 6.35. The number of aliphatic imine (C=N–C) groups is 1. The smallest absolute Gasteiger partial charge is 0.193 e. The summed E-state index contributed by atoms with van der Waals surface area (Å²) >= 11 is 0. The van der Waals surface area contributed by atoms with Crippen molar-refractivity contribution in [3.8, 4) is 0 Å². The normalized spacial score (nSPS) is 20.6. The van der Waals surface area contributed by atoms with Crippen molar-refractivity contribution in [2.45, 2.75) is 57.7 Å². The summed E-state index contributed by atoms with van der Waals surface area (Å²) in [6, 6.07) is 6.43. The number of guanidine groups is 1. The molecule has 1 aromatic heterocycles. The number of aryl methyl sites for hydroxylation is 1. The van der Waals surface area contributed by atoms with Crippen molar-refractivity contribution in [1.82, 2.24) is 15.2 Å². The fourth-order valence-corrected chi connectivity index (χ4v) is 4.71. The molecule has 0 bridgehead atoms. The largest absolute Gasteiger partial charge is 0.376 e. The number of rotatable bonds is 6. The molecule has 2 aliphatic heterocycles. The molecule has 0 saturated carbocycles. The van der Waals surface area contributed by atoms with Crippen molar-refractivity contribution in [1.29, 1.82) is 0 Å². The van der Waals surface area contributed by atoms with Gasteiger partial charge in [-0.25, -0.2) is 0 Å². The summed E-state index contributed by atoms with van der Waals surface area (Å²) in [5, 5.41) is 4.92. The molecule has 0 spiro atoms. The first-order valence-electron chi connectivity index (χ1n) is 11.5. The van der Waals surface area contributed by atoms with Gasteiger partial charge in [0.15, 0.2) is 5.96 Å². The standard InChI is InChI=1S/C24H36N4O2.HI/c1-18-6-5-8-22-23(18)19(16-27-22)9-12-26-24(25-2)28-13-10-20(11-14-28)30-17-21-7-3-4-15-29-21;/h5-6,8,16,20-21,27H,3-4,7,9-15,17H2,1-2H3,(H,25,26);1H. The summed E-state index contributed by atoms with van der Waals surface area (Å²) in [6.07, 6.45) is 9.48. The molecule has 2 fully saturated rings. The number of fused-ring (bicyclic) bond motifs is 1. The van der Waals surface area contributed by atoms with Crippen molar-refractivity contribution < 1.29 is 9.47 Å². The summed E-state index contributed by atoms with van der Waals surface area (Å²) in [5.41, 5.74) is 3.91. The maximum Gasteiger partial charge on any atom is 0.193 e. The first-order chi connectivity index (χ1) is 14.7. The number of likely N-dealkylation sites (tertiary alicyclic amines) is 1. The van der Waals surface area contributed by atoms with E-state index in [-0.39, 0.29) is 24.0 Å². The average molecular weight is 540 g/mol. The van der Waals surface area contributed by atoms with Gasteiger partial charge in [-0.1, -0.05) is 12.1 Å². The highest BCUT2D eigenvalue weighted by molar-refractivity contribution is 14.0. The summed E-state index contributed by atoms with van der Waals surface area (Å²) in [7, 11) is 1.88. The van der Waals surface area contributed by atoms with E-state index in [2.05, 4.69) is 51.5 Å². The van der Waals surface area contributed by atoms with Gasteiger partial charge in [-0.3, -0.25) is 4.99 Å². The van der Waals surface area contributed by atoms with Crippen LogP contribution in [-0.2, 0) is 15.9 Å². The molecule has 2 N–H and O–H groups in total. The molecule has 1 atom stereocenters. The Morgan fingerprint density at radius 3 is 2.84 bits per heavy atom. The van der Waals surface area contributed by atoms with Crippen LogP contribution in [0.1, 0.15) is 43.2 Å². The van der Waals surface area contributed by atoms with Crippen LogP contribution in [0.4, 0.5) is 0 Å². The van der Waals surface area contributed by atoms with Gasteiger partial charge in [0.1, 0.15) is 0 Å². The predicted octanol–water partition coefficient (Wildman–Crippen LogP) is 4.26. The zero-order valence-corrected chi connectivity index (χ0v) is 21.2. The number of aromatic nitrogens is 1. The van der Waals surface area contributed by atoms with Crippen molar-refractivity contribution in [2.75, 3.05) is 39.9 Å². The number of nitrogens with one attached hydrogen (secondary N) is 2. The number of benzene rings is 1. The monoisotopic (exact) mass is 540 g/mol. The minimum atomic E-state index is 0. The van der Waals surface area contributed by atoms with Crippen LogP contribution in [0.3, 0.4) is 0 Å². The number of nitrogens with zero attached hydrogens (tertiary/aromatic N) is 2. The van der Waals surface area contributed by atoms with E-state index in [1.54, 1.807) is 0 Å². The predicted molar refractivity (Wildman–Crippen MR) is 138 cm³/mol. The van der Waals surface area contributed by atoms with Crippen LogP contribution in [0, 0.1) is 6.92 Å². The van der Waals surface area contributed by atoms with Crippen molar-refractivity contribution >= 4 is 40.8 Å². The molecule has 2 saturated heterocycles. The van der Waals surface area contributed by atoms with Gasteiger partial charge in [0.05, 0.1) is 18.8 Å². The highest BCUT2D eigenvalue weighted by atomic mass is 127. The van der Waals surface area contributed by atoms with Crippen LogP contribution in [0.2, 0.25) is 0 Å². The molecule has 2 aliphatic rings. The second kappa shape index (κ2) is 12.1. The number of hydrogen-bond donors (Lipinski definition) is 2. The summed E-state index contributed by atoms with van der Waals surface area (Å²) in [6.45, 7) is 6.68. The molecule has 7 heteroatoms. The Hall–Kier alpha value is -1.32. The van der Waals surface area contributed by atoms with Gasteiger partial charge in [-0.15, -0.1) is 24.0 Å². The van der Waals surface area contributed by atoms with Gasteiger partial charge in [-0.2, -0.15) is 0 Å². The van der Waals surface area contributed by atoms with E-state index in [1.807, 2.05) is 7.05 Å². The van der Waals surface area contributed by atoms with E-state index >= 15 is 0 Å². The Morgan fingerprint density at radius 2 is 2.10 bits per heavy atom. The van der Waals surface area contributed by atoms with Crippen LogP contribution < -0.4 is 5.32 Å². The second-order valence-electron chi connectivity index (χ2n) is 8.54. The molecule has 2 aromatic rings. The lowest BCUT2D eigenvalue weighted by Crippen LogP contribution is -2.47. The zero-order valence-electron chi connectivity index (χ0n) is 18.9. The summed E-state index contributed by atoms with van der Waals surface area (Å²) in [4.78, 5) is 10.3. The SMILES string of the molecule is CN=C(NCCc1c[nH]c2cccc(C)c12)N1CCC(OCC2CCCCO2)CC1.I. The number of aromatic amines is 1. The molecule has 31 heavy (non-hydrogen) atoms. The molecule has 1 aromatic carbocycles. The Bertz CT molecular complexity index is 839. The Balaban J connectivity index is 0.00000272. The Labute approximate surface area is 203 Å². The van der Waals surface area contributed by atoms with Crippen LogP contribution in [-0.4, -0.2) is 67.9 Å². The van der Waals surface area contributed by atoms with Crippen molar-refractivity contribution in [3.05, 3.63) is 35.5 Å². The van der Waals surface area contributed by atoms with E-state index in [1.165, 1.54) is 34.9 Å². The third-order valence-electron chi connectivity index (χ3n) is 6.42. The van der Waals surface area contributed by atoms with Gasteiger partial charge in [-0.05, 0) is 62.6 Å². The summed E-state index contributed by atoms with van der Waals surface area (Å²) < 4.78 is 11.9. The van der Waals surface area contributed by atoms with E-state index < -0.39 is 0 Å². The fourth-order valence-electron chi connectivity index (χ4n) is 4.71. The molecule has 6 nitrogen and oxygen atoms in total. The van der Waals surface area contributed by atoms with Gasteiger partial charge >= 0.3 is 0 Å². The maximum absolute atomic E-state index is 6.15. The first-order valence-corrected chi connectivity index (χ1v) is 11.5. The Kier molecular flexibility index (Phi) is 9.47. The molecule has 1 unspecified atom stereocenters. The van der Waals surface area contributed by atoms with Crippen molar-refractivity contribution in [3.63, 3.8) is 0 Å². The van der Waals surface area contributed by atoms with Crippen LogP contribution in [0.15, 0.2) is 29.4 Å². The van der Waals surface area contributed by atoms with E-state index in [0.29, 0.717) is 12.2 Å². The quantitative estimate of drug-likeness (QED) is 0.327. The average Bonchev–Trinajstić information content (AvgIpc) is 3.21. The van der Waals surface area contributed by atoms with E-state index in [0.717, 1.165) is 64.5 Å². The van der Waals surface area contributed by atoms with Crippen molar-refractivity contribution in [2.24, 2.45) is 4.99 Å². The topological polar surface area (TPSA) is 61.9 Å². The van der Waals surface area contributed by atoms with E-state index in [4.69, 9.17) is 9.47 Å². The number of H-pyrrole nitrogens is 1. The van der Waals surface area contributed by atoms with Gasteiger partial charge in [0, 0.05) is 50.4 Å². The summed E-state index contributed by atoms with van der Waals surface area (Å²) in [5.74, 6) is 1.00. The molecule has 0 radical (unpaired) electrons. The number of ether oxygens (including phenoxy) is 2. The molecule has 0 aliphatic carbocycles. The molecule has 3 heterocycles. The lowest BCUT2D eigenvalue weighted by atomic mass is 10.1. The Morgan fingerprint density at radius 1 is 1.26 bits per heavy atom. The van der Waals surface area contributed by atoms with Crippen LogP contribution in [0.25, 0.3) is 10.9 Å². The minimum Gasteiger partial charge on any atom is -0.376 e. The minimum absolute atomic E-state index is 0. The highest BCUT2D eigenvalue weighted by Gasteiger charge is 2.23. The number of hydrogen-bond acceptors (Lipinski definition) is 3. The van der Waals surface area contributed by atoms with Crippen LogP contribution >= 0.6 is 24.0 Å². The first kappa shape index (κ1) is 24.3.